The van der Waals surface area contributed by atoms with Crippen LogP contribution in [0.3, 0.4) is 0 Å². The molecule has 1 heteroatoms. The van der Waals surface area contributed by atoms with Gasteiger partial charge in [-0.3, -0.25) is 0 Å². The van der Waals surface area contributed by atoms with E-state index in [0.29, 0.717) is 0 Å². The minimum absolute atomic E-state index is 0.845. The predicted octanol–water partition coefficient (Wildman–Crippen LogP) is 3.29. The minimum Gasteiger partial charge on any atom is -0.343 e. The first-order chi connectivity index (χ1) is 6.83. The zero-order chi connectivity index (χ0) is 9.97. The van der Waals surface area contributed by atoms with Crippen molar-refractivity contribution < 1.29 is 0 Å². The van der Waals surface area contributed by atoms with Gasteiger partial charge in [0.05, 0.1) is 0 Å². The molecule has 1 aromatic carbocycles. The van der Waals surface area contributed by atoms with Crippen LogP contribution in [0, 0.1) is 6.92 Å². The van der Waals surface area contributed by atoms with Crippen molar-refractivity contribution in [2.24, 2.45) is 0 Å². The highest BCUT2D eigenvalue weighted by molar-refractivity contribution is 5.83. The van der Waals surface area contributed by atoms with Crippen molar-refractivity contribution in [3.05, 3.63) is 54.4 Å². The van der Waals surface area contributed by atoms with E-state index in [1.54, 1.807) is 0 Å². The first-order valence-corrected chi connectivity index (χ1v) is 4.71. The fourth-order valence-electron chi connectivity index (χ4n) is 1.74. The summed E-state index contributed by atoms with van der Waals surface area (Å²) in [6.07, 6.45) is 4.10. The summed E-state index contributed by atoms with van der Waals surface area (Å²) in [6.45, 7) is 6.55. The van der Waals surface area contributed by atoms with Crippen LogP contribution in [0.2, 0.25) is 0 Å². The lowest BCUT2D eigenvalue weighted by molar-refractivity contribution is 0.861. The number of hydrogen-bond donors (Lipinski definition) is 0. The van der Waals surface area contributed by atoms with E-state index in [9.17, 15) is 0 Å². The highest BCUT2D eigenvalue weighted by atomic mass is 14.9. The molecule has 0 fully saturated rings. The zero-order valence-corrected chi connectivity index (χ0v) is 8.33. The van der Waals surface area contributed by atoms with Gasteiger partial charge in [-0.15, -0.1) is 5.73 Å². The number of para-hydroxylation sites is 1. The molecule has 0 saturated heterocycles. The Morgan fingerprint density at radius 1 is 1.43 bits per heavy atom. The number of benzene rings is 1. The third kappa shape index (κ3) is 1.39. The van der Waals surface area contributed by atoms with E-state index in [4.69, 9.17) is 0 Å². The third-order valence-corrected chi connectivity index (χ3v) is 2.42. The number of fused-ring (bicyclic) bond motifs is 1. The molecule has 0 radical (unpaired) electrons. The van der Waals surface area contributed by atoms with E-state index in [0.717, 1.165) is 6.54 Å². The van der Waals surface area contributed by atoms with Gasteiger partial charge >= 0.3 is 0 Å². The van der Waals surface area contributed by atoms with Crippen molar-refractivity contribution in [3.8, 4) is 0 Å². The first kappa shape index (κ1) is 8.86. The van der Waals surface area contributed by atoms with E-state index in [1.807, 2.05) is 6.08 Å². The van der Waals surface area contributed by atoms with Crippen LogP contribution < -0.4 is 0 Å². The van der Waals surface area contributed by atoms with Crippen molar-refractivity contribution in [1.29, 1.82) is 0 Å². The lowest BCUT2D eigenvalue weighted by atomic mass is 10.2. The number of nitrogens with zero attached hydrogens (tertiary/aromatic N) is 1. The van der Waals surface area contributed by atoms with Gasteiger partial charge in [-0.05, 0) is 24.6 Å². The van der Waals surface area contributed by atoms with Crippen molar-refractivity contribution in [3.63, 3.8) is 0 Å². The Kier molecular flexibility index (Phi) is 2.26. The highest BCUT2D eigenvalue weighted by Gasteiger charge is 2.01. The lowest BCUT2D eigenvalue weighted by Crippen LogP contribution is -1.91. The molecule has 1 aromatic heterocycles. The SMILES string of the molecule is C=C=CCn1cc(C)c2ccccc21. The fourth-order valence-corrected chi connectivity index (χ4v) is 1.74. The highest BCUT2D eigenvalue weighted by Crippen LogP contribution is 2.19. The molecule has 1 nitrogen and oxygen atoms in total. The van der Waals surface area contributed by atoms with Crippen LogP contribution in [0.4, 0.5) is 0 Å². The summed E-state index contributed by atoms with van der Waals surface area (Å²) < 4.78 is 2.21. The van der Waals surface area contributed by atoms with Crippen molar-refractivity contribution >= 4 is 10.9 Å². The maximum Gasteiger partial charge on any atom is 0.0486 e. The molecule has 0 aliphatic carbocycles. The Balaban J connectivity index is 2.60. The van der Waals surface area contributed by atoms with Crippen molar-refractivity contribution in [1.82, 2.24) is 4.57 Å². The summed E-state index contributed by atoms with van der Waals surface area (Å²) in [5, 5.41) is 1.32. The minimum atomic E-state index is 0.845. The van der Waals surface area contributed by atoms with Crippen LogP contribution in [-0.4, -0.2) is 4.57 Å². The molecular formula is C13H13N. The second kappa shape index (κ2) is 3.57. The Hall–Kier alpha value is -1.72. The van der Waals surface area contributed by atoms with E-state index in [1.165, 1.54) is 16.5 Å². The Morgan fingerprint density at radius 2 is 2.21 bits per heavy atom. The summed E-state index contributed by atoms with van der Waals surface area (Å²) in [5.41, 5.74) is 5.39. The molecule has 1 heterocycles. The van der Waals surface area contributed by atoms with Gasteiger partial charge in [0, 0.05) is 23.6 Å². The maximum absolute atomic E-state index is 3.57. The average Bonchev–Trinajstić information content (AvgIpc) is 2.54. The molecule has 14 heavy (non-hydrogen) atoms. The monoisotopic (exact) mass is 183 g/mol. The van der Waals surface area contributed by atoms with Gasteiger partial charge in [-0.2, -0.15) is 0 Å². The summed E-state index contributed by atoms with van der Waals surface area (Å²) in [4.78, 5) is 0. The van der Waals surface area contributed by atoms with Gasteiger partial charge in [0.15, 0.2) is 0 Å². The van der Waals surface area contributed by atoms with Gasteiger partial charge < -0.3 is 4.57 Å². The molecule has 70 valence electrons. The predicted molar refractivity (Wildman–Crippen MR) is 60.4 cm³/mol. The van der Waals surface area contributed by atoms with Gasteiger partial charge in [0.1, 0.15) is 0 Å². The molecule has 0 aliphatic heterocycles. The molecule has 2 aromatic rings. The van der Waals surface area contributed by atoms with Gasteiger partial charge in [-0.25, -0.2) is 0 Å². The van der Waals surface area contributed by atoms with Gasteiger partial charge in [0.2, 0.25) is 0 Å². The second-order valence-corrected chi connectivity index (χ2v) is 3.39. The van der Waals surface area contributed by atoms with E-state index in [-0.39, 0.29) is 0 Å². The molecular weight excluding hydrogens is 170 g/mol. The number of aryl methyl sites for hydroxylation is 1. The normalized spacial score (nSPS) is 10.1. The number of rotatable bonds is 2. The average molecular weight is 183 g/mol. The number of allylic oxidation sites excluding steroid dienone is 1. The number of aromatic nitrogens is 1. The molecule has 2 rings (SSSR count). The summed E-state index contributed by atoms with van der Waals surface area (Å²) in [6, 6.07) is 8.43. The van der Waals surface area contributed by atoms with Crippen molar-refractivity contribution in [2.45, 2.75) is 13.5 Å². The smallest absolute Gasteiger partial charge is 0.0486 e. The lowest BCUT2D eigenvalue weighted by Gasteiger charge is -1.98. The fraction of sp³-hybridized carbons (Fsp3) is 0.154. The van der Waals surface area contributed by atoms with Crippen LogP contribution in [-0.2, 0) is 6.54 Å². The largest absolute Gasteiger partial charge is 0.343 e. The maximum atomic E-state index is 3.57. The summed E-state index contributed by atoms with van der Waals surface area (Å²) >= 11 is 0. The van der Waals surface area contributed by atoms with Crippen LogP contribution in [0.15, 0.2) is 48.8 Å². The second-order valence-electron chi connectivity index (χ2n) is 3.39. The Bertz CT molecular complexity index is 499. The van der Waals surface area contributed by atoms with E-state index >= 15 is 0 Å². The van der Waals surface area contributed by atoms with Gasteiger partial charge in [0.25, 0.3) is 0 Å². The van der Waals surface area contributed by atoms with Crippen LogP contribution in [0.5, 0.6) is 0 Å². The van der Waals surface area contributed by atoms with Crippen LogP contribution in [0.25, 0.3) is 10.9 Å². The zero-order valence-electron chi connectivity index (χ0n) is 8.33. The van der Waals surface area contributed by atoms with Gasteiger partial charge in [-0.1, -0.05) is 24.8 Å². The van der Waals surface area contributed by atoms with E-state index in [2.05, 4.69) is 54.3 Å². The topological polar surface area (TPSA) is 4.93 Å². The number of hydrogen-bond acceptors (Lipinski definition) is 0. The van der Waals surface area contributed by atoms with Crippen LogP contribution >= 0.6 is 0 Å². The molecule has 0 amide bonds. The summed E-state index contributed by atoms with van der Waals surface area (Å²) in [7, 11) is 0. The molecule has 0 aliphatic rings. The molecule has 0 spiro atoms. The molecule has 0 unspecified atom stereocenters. The Labute approximate surface area is 84.0 Å². The van der Waals surface area contributed by atoms with E-state index < -0.39 is 0 Å². The first-order valence-electron chi connectivity index (χ1n) is 4.71. The van der Waals surface area contributed by atoms with Crippen molar-refractivity contribution in [2.75, 3.05) is 0 Å². The molecule has 0 atom stereocenters. The third-order valence-electron chi connectivity index (χ3n) is 2.42. The standard InChI is InChI=1S/C13H13N/c1-3-4-9-14-10-11(2)12-7-5-6-8-13(12)14/h4-8,10H,1,9H2,2H3. The summed E-state index contributed by atoms with van der Waals surface area (Å²) in [5.74, 6) is 0. The van der Waals surface area contributed by atoms with Crippen LogP contribution in [0.1, 0.15) is 5.56 Å². The molecule has 0 saturated carbocycles. The molecule has 0 N–H and O–H groups in total. The molecule has 0 bridgehead atoms. The Morgan fingerprint density at radius 3 is 3.00 bits per heavy atom. The quantitative estimate of drug-likeness (QED) is 0.629.